The average molecular weight is 278 g/mol. The third-order valence-corrected chi connectivity index (χ3v) is 3.91. The predicted octanol–water partition coefficient (Wildman–Crippen LogP) is 1.70. The molecule has 1 fully saturated rings. The molecule has 0 bridgehead atoms. The number of piperidine rings is 1. The molecule has 1 aromatic rings. The summed E-state index contributed by atoms with van der Waals surface area (Å²) in [6.07, 6.45) is 3.53. The summed E-state index contributed by atoms with van der Waals surface area (Å²) in [6, 6.07) is 1.95. The van der Waals surface area contributed by atoms with Crippen molar-refractivity contribution in [3.8, 4) is 0 Å². The van der Waals surface area contributed by atoms with Crippen molar-refractivity contribution in [1.29, 1.82) is 0 Å². The molecule has 1 amide bonds. The lowest BCUT2D eigenvalue weighted by Gasteiger charge is -2.29. The number of aromatic nitrogens is 2. The van der Waals surface area contributed by atoms with Crippen molar-refractivity contribution in [2.75, 3.05) is 13.1 Å². The van der Waals surface area contributed by atoms with E-state index in [0.29, 0.717) is 6.54 Å². The minimum atomic E-state index is -0.131. The smallest absolute Gasteiger partial charge is 0.239 e. The molecule has 1 aliphatic heterocycles. The number of aryl methyl sites for hydroxylation is 2. The lowest BCUT2D eigenvalue weighted by Crippen LogP contribution is -2.46. The van der Waals surface area contributed by atoms with Gasteiger partial charge in [0.2, 0.25) is 5.91 Å². The predicted molar refractivity (Wildman–Crippen MR) is 79.4 cm³/mol. The number of likely N-dealkylation sites (tertiary alicyclic amines) is 1. The Morgan fingerprint density at radius 3 is 2.75 bits per heavy atom. The number of nitrogens with zero attached hydrogens (tertiary/aromatic N) is 3. The van der Waals surface area contributed by atoms with E-state index in [2.05, 4.69) is 23.4 Å². The largest absolute Gasteiger partial charge is 0.341 e. The highest BCUT2D eigenvalue weighted by Crippen LogP contribution is 2.10. The van der Waals surface area contributed by atoms with Crippen LogP contribution in [-0.4, -0.2) is 39.7 Å². The average Bonchev–Trinajstić information content (AvgIpc) is 2.85. The van der Waals surface area contributed by atoms with Crippen LogP contribution in [0.5, 0.6) is 0 Å². The van der Waals surface area contributed by atoms with Crippen LogP contribution in [0.3, 0.4) is 0 Å². The quantitative estimate of drug-likeness (QED) is 0.892. The Bertz CT molecular complexity index is 449. The monoisotopic (exact) mass is 278 g/mol. The van der Waals surface area contributed by atoms with Crippen LogP contribution in [0, 0.1) is 6.92 Å². The molecule has 0 radical (unpaired) electrons. The molecule has 5 heteroatoms. The van der Waals surface area contributed by atoms with Gasteiger partial charge < -0.3 is 10.2 Å². The zero-order valence-electron chi connectivity index (χ0n) is 12.9. The van der Waals surface area contributed by atoms with Gasteiger partial charge in [0.1, 0.15) is 0 Å². The molecule has 2 rings (SSSR count). The molecule has 1 atom stereocenters. The van der Waals surface area contributed by atoms with Crippen molar-refractivity contribution in [2.24, 2.45) is 0 Å². The van der Waals surface area contributed by atoms with Crippen LogP contribution in [0.25, 0.3) is 0 Å². The van der Waals surface area contributed by atoms with E-state index < -0.39 is 0 Å². The van der Waals surface area contributed by atoms with Crippen molar-refractivity contribution in [1.82, 2.24) is 20.0 Å². The second-order valence-corrected chi connectivity index (χ2v) is 5.58. The highest BCUT2D eigenvalue weighted by atomic mass is 16.2. The Kier molecular flexibility index (Phi) is 5.17. The van der Waals surface area contributed by atoms with Crippen LogP contribution in [-0.2, 0) is 17.9 Å². The highest BCUT2D eigenvalue weighted by Gasteiger charge is 2.21. The maximum atomic E-state index is 12.3. The molecule has 20 heavy (non-hydrogen) atoms. The summed E-state index contributed by atoms with van der Waals surface area (Å²) in [4.78, 5) is 14.3. The fraction of sp³-hybridized carbons (Fsp3) is 0.733. The molecule has 5 nitrogen and oxygen atoms in total. The first-order valence-corrected chi connectivity index (χ1v) is 7.67. The van der Waals surface area contributed by atoms with Crippen LogP contribution >= 0.6 is 0 Å². The highest BCUT2D eigenvalue weighted by molar-refractivity contribution is 5.81. The lowest BCUT2D eigenvalue weighted by molar-refractivity contribution is -0.133. The van der Waals surface area contributed by atoms with Gasteiger partial charge in [-0.2, -0.15) is 5.10 Å². The Morgan fingerprint density at radius 2 is 2.10 bits per heavy atom. The summed E-state index contributed by atoms with van der Waals surface area (Å²) in [5.41, 5.74) is 2.17. The molecular formula is C15H26N4O. The van der Waals surface area contributed by atoms with Crippen molar-refractivity contribution < 1.29 is 4.79 Å². The molecule has 2 heterocycles. The standard InChI is InChI=1S/C15H26N4O/c1-4-19-14(10-12(2)17-19)11-16-13(3)15(20)18-8-6-5-7-9-18/h10,13,16H,4-9,11H2,1-3H3. The second kappa shape index (κ2) is 6.88. The van der Waals surface area contributed by atoms with Gasteiger partial charge in [0.15, 0.2) is 0 Å². The SMILES string of the molecule is CCn1nc(C)cc1CNC(C)C(=O)N1CCCCC1. The normalized spacial score (nSPS) is 17.2. The molecular weight excluding hydrogens is 252 g/mol. The minimum Gasteiger partial charge on any atom is -0.341 e. The van der Waals surface area contributed by atoms with Crippen molar-refractivity contribution in [2.45, 2.75) is 59.2 Å². The summed E-state index contributed by atoms with van der Waals surface area (Å²) in [5, 5.41) is 7.76. The summed E-state index contributed by atoms with van der Waals surface area (Å²) in [7, 11) is 0. The number of nitrogens with one attached hydrogen (secondary N) is 1. The zero-order chi connectivity index (χ0) is 14.5. The van der Waals surface area contributed by atoms with Gasteiger partial charge >= 0.3 is 0 Å². The van der Waals surface area contributed by atoms with Gasteiger partial charge in [-0.25, -0.2) is 0 Å². The second-order valence-electron chi connectivity index (χ2n) is 5.58. The van der Waals surface area contributed by atoms with Gasteiger partial charge in [-0.15, -0.1) is 0 Å². The van der Waals surface area contributed by atoms with Gasteiger partial charge in [0.25, 0.3) is 0 Å². The fourth-order valence-corrected chi connectivity index (χ4v) is 2.75. The number of carbonyl (C=O) groups excluding carboxylic acids is 1. The summed E-state index contributed by atoms with van der Waals surface area (Å²) in [5.74, 6) is 0.226. The van der Waals surface area contributed by atoms with E-state index in [9.17, 15) is 4.79 Å². The molecule has 1 saturated heterocycles. The van der Waals surface area contributed by atoms with Gasteiger partial charge in [-0.05, 0) is 46.1 Å². The molecule has 1 unspecified atom stereocenters. The van der Waals surface area contributed by atoms with Crippen LogP contribution in [0.4, 0.5) is 0 Å². The van der Waals surface area contributed by atoms with Gasteiger partial charge in [0, 0.05) is 26.2 Å². The first-order valence-electron chi connectivity index (χ1n) is 7.67. The van der Waals surface area contributed by atoms with E-state index in [-0.39, 0.29) is 11.9 Å². The Labute approximate surface area is 121 Å². The van der Waals surface area contributed by atoms with E-state index in [1.54, 1.807) is 0 Å². The lowest BCUT2D eigenvalue weighted by atomic mass is 10.1. The Hall–Kier alpha value is -1.36. The molecule has 1 aromatic heterocycles. The maximum absolute atomic E-state index is 12.3. The first kappa shape index (κ1) is 15.0. The molecule has 0 aliphatic carbocycles. The third kappa shape index (κ3) is 3.60. The fourth-order valence-electron chi connectivity index (χ4n) is 2.75. The van der Waals surface area contributed by atoms with Crippen LogP contribution in [0.1, 0.15) is 44.5 Å². The van der Waals surface area contributed by atoms with Crippen molar-refractivity contribution >= 4 is 5.91 Å². The minimum absolute atomic E-state index is 0.131. The van der Waals surface area contributed by atoms with Crippen LogP contribution < -0.4 is 5.32 Å². The van der Waals surface area contributed by atoms with E-state index in [0.717, 1.165) is 43.9 Å². The number of amides is 1. The molecule has 1 N–H and O–H groups in total. The number of hydrogen-bond acceptors (Lipinski definition) is 3. The van der Waals surface area contributed by atoms with Crippen molar-refractivity contribution in [3.05, 3.63) is 17.5 Å². The van der Waals surface area contributed by atoms with Gasteiger partial charge in [-0.1, -0.05) is 0 Å². The van der Waals surface area contributed by atoms with E-state index >= 15 is 0 Å². The summed E-state index contributed by atoms with van der Waals surface area (Å²) in [6.45, 7) is 9.41. The molecule has 0 saturated carbocycles. The first-order chi connectivity index (χ1) is 9.61. The molecule has 0 aromatic carbocycles. The number of carbonyl (C=O) groups is 1. The Morgan fingerprint density at radius 1 is 1.40 bits per heavy atom. The topological polar surface area (TPSA) is 50.2 Å². The van der Waals surface area contributed by atoms with Gasteiger partial charge in [-0.3, -0.25) is 9.48 Å². The number of hydrogen-bond donors (Lipinski definition) is 1. The Balaban J connectivity index is 1.87. The number of rotatable bonds is 5. The zero-order valence-corrected chi connectivity index (χ0v) is 12.9. The van der Waals surface area contributed by atoms with Gasteiger partial charge in [0.05, 0.1) is 17.4 Å². The molecule has 1 aliphatic rings. The van der Waals surface area contributed by atoms with E-state index in [1.165, 1.54) is 6.42 Å². The summed E-state index contributed by atoms with van der Waals surface area (Å²) >= 11 is 0. The summed E-state index contributed by atoms with van der Waals surface area (Å²) < 4.78 is 1.99. The molecule has 0 spiro atoms. The van der Waals surface area contributed by atoms with E-state index in [4.69, 9.17) is 0 Å². The third-order valence-electron chi connectivity index (χ3n) is 3.91. The van der Waals surface area contributed by atoms with Crippen LogP contribution in [0.15, 0.2) is 6.07 Å². The maximum Gasteiger partial charge on any atom is 0.239 e. The van der Waals surface area contributed by atoms with Crippen molar-refractivity contribution in [3.63, 3.8) is 0 Å². The van der Waals surface area contributed by atoms with Crippen LogP contribution in [0.2, 0.25) is 0 Å². The van der Waals surface area contributed by atoms with E-state index in [1.807, 2.05) is 23.4 Å². The molecule has 112 valence electrons.